The highest BCUT2D eigenvalue weighted by molar-refractivity contribution is 5.91. The molecule has 0 unspecified atom stereocenters. The van der Waals surface area contributed by atoms with Gasteiger partial charge in [-0.05, 0) is 36.8 Å². The van der Waals surface area contributed by atoms with Crippen LogP contribution in [0.15, 0.2) is 54.6 Å². The molecular weight excluding hydrogens is 370 g/mol. The van der Waals surface area contributed by atoms with E-state index >= 15 is 0 Å². The molecule has 0 atom stereocenters. The largest absolute Gasteiger partial charge is 0.489 e. The molecule has 1 heterocycles. The number of benzene rings is 2. The van der Waals surface area contributed by atoms with Crippen molar-refractivity contribution in [1.82, 2.24) is 4.90 Å². The smallest absolute Gasteiger partial charge is 0.410 e. The first-order chi connectivity index (χ1) is 14.1. The average Bonchev–Trinajstić information content (AvgIpc) is 2.74. The monoisotopic (exact) mass is 398 g/mol. The predicted molar refractivity (Wildman–Crippen MR) is 110 cm³/mol. The first kappa shape index (κ1) is 20.7. The van der Waals surface area contributed by atoms with Crippen LogP contribution >= 0.6 is 0 Å². The van der Waals surface area contributed by atoms with Crippen molar-refractivity contribution in [1.29, 1.82) is 0 Å². The lowest BCUT2D eigenvalue weighted by Gasteiger charge is -2.31. The summed E-state index contributed by atoms with van der Waals surface area (Å²) in [4.78, 5) is 26.9. The maximum Gasteiger partial charge on any atom is 0.410 e. The number of carbonyl (C=O) groups is 2. The Labute approximate surface area is 171 Å². The van der Waals surface area contributed by atoms with Crippen LogP contribution in [-0.2, 0) is 16.1 Å². The van der Waals surface area contributed by atoms with Crippen LogP contribution in [0.3, 0.4) is 0 Å². The third-order valence-electron chi connectivity index (χ3n) is 4.79. The number of ether oxygens (including phenoxy) is 2. The molecule has 29 heavy (non-hydrogen) atoms. The summed E-state index contributed by atoms with van der Waals surface area (Å²) in [6.45, 7) is 5.74. The van der Waals surface area contributed by atoms with E-state index in [1.165, 1.54) is 0 Å². The van der Waals surface area contributed by atoms with Crippen LogP contribution in [0.1, 0.15) is 12.5 Å². The molecule has 2 aromatic rings. The Balaban J connectivity index is 1.40. The van der Waals surface area contributed by atoms with Crippen molar-refractivity contribution in [2.24, 2.45) is 0 Å². The Morgan fingerprint density at radius 3 is 2.38 bits per heavy atom. The Morgan fingerprint density at radius 1 is 1.03 bits per heavy atom. The molecular formula is C22H28N3O4+. The SMILES string of the molecule is CCOC(=O)N1CC[NH+](CC(=O)Nc2ccc(OCc3ccccc3)cc2)CC1. The third kappa shape index (κ3) is 6.50. The van der Waals surface area contributed by atoms with E-state index in [0.29, 0.717) is 32.8 Å². The Hall–Kier alpha value is -3.06. The van der Waals surface area contributed by atoms with Crippen LogP contribution in [0.25, 0.3) is 0 Å². The molecule has 1 aliphatic heterocycles. The molecule has 0 radical (unpaired) electrons. The van der Waals surface area contributed by atoms with E-state index in [-0.39, 0.29) is 12.0 Å². The highest BCUT2D eigenvalue weighted by atomic mass is 16.6. The van der Waals surface area contributed by atoms with E-state index < -0.39 is 0 Å². The minimum atomic E-state index is -0.273. The van der Waals surface area contributed by atoms with Crippen molar-refractivity contribution in [2.45, 2.75) is 13.5 Å². The van der Waals surface area contributed by atoms with Gasteiger partial charge < -0.3 is 19.7 Å². The molecule has 0 aliphatic carbocycles. The van der Waals surface area contributed by atoms with Gasteiger partial charge in [0.15, 0.2) is 6.54 Å². The molecule has 2 amide bonds. The van der Waals surface area contributed by atoms with Crippen molar-refractivity contribution in [3.8, 4) is 5.75 Å². The van der Waals surface area contributed by atoms with E-state index in [9.17, 15) is 9.59 Å². The molecule has 7 nitrogen and oxygen atoms in total. The molecule has 7 heteroatoms. The van der Waals surface area contributed by atoms with Gasteiger partial charge in [-0.3, -0.25) is 9.69 Å². The fraction of sp³-hybridized carbons (Fsp3) is 0.364. The topological polar surface area (TPSA) is 72.3 Å². The number of quaternary nitrogens is 1. The van der Waals surface area contributed by atoms with Gasteiger partial charge in [0.25, 0.3) is 5.91 Å². The molecule has 2 N–H and O–H groups in total. The highest BCUT2D eigenvalue weighted by Gasteiger charge is 2.25. The van der Waals surface area contributed by atoms with Crippen LogP contribution in [0.4, 0.5) is 10.5 Å². The van der Waals surface area contributed by atoms with Gasteiger partial charge in [0, 0.05) is 5.69 Å². The van der Waals surface area contributed by atoms with Crippen molar-refractivity contribution < 1.29 is 24.0 Å². The summed E-state index contributed by atoms with van der Waals surface area (Å²) in [5, 5.41) is 2.92. The lowest BCUT2D eigenvalue weighted by molar-refractivity contribution is -0.895. The summed E-state index contributed by atoms with van der Waals surface area (Å²) >= 11 is 0. The van der Waals surface area contributed by atoms with Crippen LogP contribution < -0.4 is 15.0 Å². The number of piperazine rings is 1. The molecule has 1 aliphatic rings. The summed E-state index contributed by atoms with van der Waals surface area (Å²) in [5.41, 5.74) is 1.85. The van der Waals surface area contributed by atoms with Crippen molar-refractivity contribution in [3.63, 3.8) is 0 Å². The number of hydrogen-bond acceptors (Lipinski definition) is 4. The number of anilines is 1. The maximum absolute atomic E-state index is 12.3. The second kappa shape index (κ2) is 10.5. The number of amides is 2. The minimum Gasteiger partial charge on any atom is -0.489 e. The molecule has 0 bridgehead atoms. The summed E-state index contributed by atoms with van der Waals surface area (Å²) in [7, 11) is 0. The normalized spacial score (nSPS) is 14.3. The van der Waals surface area contributed by atoms with Crippen LogP contribution in [-0.4, -0.2) is 56.2 Å². The number of nitrogens with one attached hydrogen (secondary N) is 2. The molecule has 0 aromatic heterocycles. The summed E-state index contributed by atoms with van der Waals surface area (Å²) in [5.74, 6) is 0.718. The quantitative estimate of drug-likeness (QED) is 0.743. The maximum atomic E-state index is 12.3. The van der Waals surface area contributed by atoms with Gasteiger partial charge in [-0.2, -0.15) is 0 Å². The van der Waals surface area contributed by atoms with Gasteiger partial charge >= 0.3 is 6.09 Å². The first-order valence-corrected chi connectivity index (χ1v) is 9.96. The van der Waals surface area contributed by atoms with E-state index in [4.69, 9.17) is 9.47 Å². The van der Waals surface area contributed by atoms with Crippen LogP contribution in [0.2, 0.25) is 0 Å². The van der Waals surface area contributed by atoms with Gasteiger partial charge in [0.2, 0.25) is 0 Å². The van der Waals surface area contributed by atoms with Crippen molar-refractivity contribution >= 4 is 17.7 Å². The summed E-state index contributed by atoms with van der Waals surface area (Å²) < 4.78 is 10.8. The Kier molecular flexibility index (Phi) is 7.47. The van der Waals surface area contributed by atoms with Gasteiger partial charge in [0.05, 0.1) is 32.8 Å². The average molecular weight is 398 g/mol. The second-order valence-electron chi connectivity index (χ2n) is 6.96. The number of nitrogens with zero attached hydrogens (tertiary/aromatic N) is 1. The zero-order valence-electron chi connectivity index (χ0n) is 16.7. The zero-order chi connectivity index (χ0) is 20.5. The van der Waals surface area contributed by atoms with Crippen LogP contribution in [0.5, 0.6) is 5.75 Å². The molecule has 0 saturated carbocycles. The van der Waals surface area contributed by atoms with Gasteiger partial charge in [-0.25, -0.2) is 4.79 Å². The Bertz CT molecular complexity index is 787. The number of rotatable bonds is 7. The number of hydrogen-bond donors (Lipinski definition) is 2. The minimum absolute atomic E-state index is 0.0393. The molecule has 2 aromatic carbocycles. The van der Waals surface area contributed by atoms with E-state index in [1.807, 2.05) is 54.6 Å². The number of carbonyl (C=O) groups excluding carboxylic acids is 2. The summed E-state index contributed by atoms with van der Waals surface area (Å²) in [6.07, 6.45) is -0.273. The third-order valence-corrected chi connectivity index (χ3v) is 4.79. The zero-order valence-corrected chi connectivity index (χ0v) is 16.7. The van der Waals surface area contributed by atoms with Gasteiger partial charge in [0.1, 0.15) is 12.4 Å². The molecule has 154 valence electrons. The lowest BCUT2D eigenvalue weighted by Crippen LogP contribution is -3.15. The van der Waals surface area contributed by atoms with Crippen molar-refractivity contribution in [3.05, 3.63) is 60.2 Å². The predicted octanol–water partition coefficient (Wildman–Crippen LogP) is 1.56. The molecule has 3 rings (SSSR count). The highest BCUT2D eigenvalue weighted by Crippen LogP contribution is 2.17. The Morgan fingerprint density at radius 2 is 1.72 bits per heavy atom. The van der Waals surface area contributed by atoms with Crippen molar-refractivity contribution in [2.75, 3.05) is 44.6 Å². The van der Waals surface area contributed by atoms with Crippen LogP contribution in [0, 0.1) is 0 Å². The standard InChI is InChI=1S/C22H27N3O4/c1-2-28-22(27)25-14-12-24(13-15-25)16-21(26)23-19-8-10-20(11-9-19)29-17-18-6-4-3-5-7-18/h3-11H,2,12-17H2,1H3,(H,23,26)/p+1. The molecule has 1 saturated heterocycles. The first-order valence-electron chi connectivity index (χ1n) is 9.96. The fourth-order valence-corrected chi connectivity index (χ4v) is 3.20. The lowest BCUT2D eigenvalue weighted by atomic mass is 10.2. The van der Waals surface area contributed by atoms with Gasteiger partial charge in [-0.15, -0.1) is 0 Å². The van der Waals surface area contributed by atoms with E-state index in [1.54, 1.807) is 11.8 Å². The molecule has 0 spiro atoms. The van der Waals surface area contributed by atoms with Gasteiger partial charge in [-0.1, -0.05) is 30.3 Å². The second-order valence-corrected chi connectivity index (χ2v) is 6.96. The fourth-order valence-electron chi connectivity index (χ4n) is 3.20. The summed E-state index contributed by atoms with van der Waals surface area (Å²) in [6, 6.07) is 17.4. The van der Waals surface area contributed by atoms with E-state index in [0.717, 1.165) is 35.0 Å². The van der Waals surface area contributed by atoms with E-state index in [2.05, 4.69) is 5.32 Å². The molecule has 1 fully saturated rings.